The Bertz CT molecular complexity index is 866. The highest BCUT2D eigenvalue weighted by Gasteiger charge is 2.29. The average molecular weight is 296 g/mol. The number of hydrogen-bond donors (Lipinski definition) is 2. The molecule has 0 radical (unpaired) electrons. The van der Waals surface area contributed by atoms with E-state index in [2.05, 4.69) is 29.4 Å². The predicted octanol–water partition coefficient (Wildman–Crippen LogP) is 3.86. The molecule has 0 unspecified atom stereocenters. The molecule has 3 heterocycles. The number of halogens is 1. The van der Waals surface area contributed by atoms with Crippen molar-refractivity contribution in [2.75, 3.05) is 11.9 Å². The third-order valence-electron chi connectivity index (χ3n) is 4.37. The molecule has 0 fully saturated rings. The summed E-state index contributed by atoms with van der Waals surface area (Å²) in [4.78, 5) is 4.82. The van der Waals surface area contributed by atoms with Gasteiger partial charge in [0.1, 0.15) is 11.5 Å². The molecule has 3 aromatic rings. The largest absolute Gasteiger partial charge is 0.384 e. The Morgan fingerprint density at radius 3 is 2.91 bits per heavy atom. The van der Waals surface area contributed by atoms with Crippen molar-refractivity contribution in [3.8, 4) is 11.4 Å². The quantitative estimate of drug-likeness (QED) is 0.717. The molecule has 5 heteroatoms. The Morgan fingerprint density at radius 1 is 1.18 bits per heavy atom. The van der Waals surface area contributed by atoms with E-state index in [4.69, 9.17) is 4.98 Å². The first-order valence-corrected chi connectivity index (χ1v) is 7.44. The number of rotatable bonds is 1. The summed E-state index contributed by atoms with van der Waals surface area (Å²) >= 11 is 0. The van der Waals surface area contributed by atoms with Crippen molar-refractivity contribution in [1.29, 1.82) is 0 Å². The minimum Gasteiger partial charge on any atom is -0.384 e. The zero-order chi connectivity index (χ0) is 15.3. The summed E-state index contributed by atoms with van der Waals surface area (Å²) in [6.07, 6.45) is 1.03. The van der Waals surface area contributed by atoms with Crippen LogP contribution in [-0.2, 0) is 5.41 Å². The van der Waals surface area contributed by atoms with Gasteiger partial charge in [-0.3, -0.25) is 5.10 Å². The molecule has 0 bridgehead atoms. The molecule has 2 N–H and O–H groups in total. The van der Waals surface area contributed by atoms with Crippen molar-refractivity contribution < 1.29 is 4.39 Å². The maximum atomic E-state index is 13.5. The number of benzene rings is 1. The van der Waals surface area contributed by atoms with Crippen molar-refractivity contribution in [2.45, 2.75) is 25.7 Å². The van der Waals surface area contributed by atoms with E-state index in [1.165, 1.54) is 12.1 Å². The minimum atomic E-state index is -0.268. The third-order valence-corrected chi connectivity index (χ3v) is 4.37. The molecular weight excluding hydrogens is 279 g/mol. The summed E-state index contributed by atoms with van der Waals surface area (Å²) in [7, 11) is 0. The molecule has 1 aliphatic heterocycles. The molecule has 22 heavy (non-hydrogen) atoms. The van der Waals surface area contributed by atoms with Gasteiger partial charge in [-0.05, 0) is 36.8 Å². The van der Waals surface area contributed by atoms with Crippen molar-refractivity contribution in [3.05, 3.63) is 41.8 Å². The van der Waals surface area contributed by atoms with Gasteiger partial charge in [0.2, 0.25) is 0 Å². The second kappa shape index (κ2) is 4.53. The zero-order valence-corrected chi connectivity index (χ0v) is 12.6. The second-order valence-corrected chi connectivity index (χ2v) is 6.42. The van der Waals surface area contributed by atoms with E-state index in [0.29, 0.717) is 5.69 Å². The standard InChI is InChI=1S/C17H17FN4/c1-17(2)7-8-19-14-6-5-13(20-16(14)17)15-11-9-10(18)3-4-12(11)21-22-15/h3-6,9,19H,7-8H2,1-2H3,(H,21,22). The van der Waals surface area contributed by atoms with Gasteiger partial charge in [-0.25, -0.2) is 9.37 Å². The highest BCUT2D eigenvalue weighted by Crippen LogP contribution is 2.37. The van der Waals surface area contributed by atoms with Gasteiger partial charge < -0.3 is 5.32 Å². The molecule has 0 spiro atoms. The SMILES string of the molecule is CC1(C)CCNc2ccc(-c3n[nH]c4ccc(F)cc34)nc21. The number of aromatic nitrogens is 3. The lowest BCUT2D eigenvalue weighted by atomic mass is 9.82. The van der Waals surface area contributed by atoms with Gasteiger partial charge in [0, 0.05) is 17.3 Å². The van der Waals surface area contributed by atoms with Crippen LogP contribution in [0.15, 0.2) is 30.3 Å². The van der Waals surface area contributed by atoms with Crippen LogP contribution in [0.25, 0.3) is 22.3 Å². The molecule has 2 aromatic heterocycles. The molecule has 1 aliphatic rings. The van der Waals surface area contributed by atoms with Crippen molar-refractivity contribution in [1.82, 2.24) is 15.2 Å². The number of nitrogens with one attached hydrogen (secondary N) is 2. The summed E-state index contributed by atoms with van der Waals surface area (Å²) in [5.41, 5.74) is 4.42. The van der Waals surface area contributed by atoms with Gasteiger partial charge in [0.05, 0.1) is 22.6 Å². The van der Waals surface area contributed by atoms with Crippen molar-refractivity contribution in [2.24, 2.45) is 0 Å². The number of pyridine rings is 1. The molecule has 0 atom stereocenters. The van der Waals surface area contributed by atoms with Gasteiger partial charge >= 0.3 is 0 Å². The summed E-state index contributed by atoms with van der Waals surface area (Å²) < 4.78 is 13.5. The highest BCUT2D eigenvalue weighted by atomic mass is 19.1. The predicted molar refractivity (Wildman–Crippen MR) is 85.4 cm³/mol. The number of nitrogens with zero attached hydrogens (tertiary/aromatic N) is 2. The Kier molecular flexibility index (Phi) is 2.73. The Morgan fingerprint density at radius 2 is 2.05 bits per heavy atom. The van der Waals surface area contributed by atoms with Crippen molar-refractivity contribution in [3.63, 3.8) is 0 Å². The molecule has 0 aliphatic carbocycles. The number of fused-ring (bicyclic) bond motifs is 2. The summed E-state index contributed by atoms with van der Waals surface area (Å²) in [6.45, 7) is 5.36. The monoisotopic (exact) mass is 296 g/mol. The van der Waals surface area contributed by atoms with Crippen LogP contribution >= 0.6 is 0 Å². The van der Waals surface area contributed by atoms with E-state index in [9.17, 15) is 4.39 Å². The fraction of sp³-hybridized carbons (Fsp3) is 0.294. The van der Waals surface area contributed by atoms with E-state index < -0.39 is 0 Å². The van der Waals surface area contributed by atoms with Crippen LogP contribution in [0.5, 0.6) is 0 Å². The Labute approximate surface area is 127 Å². The minimum absolute atomic E-state index is 0.0218. The molecule has 0 saturated heterocycles. The van der Waals surface area contributed by atoms with Crippen LogP contribution in [0.1, 0.15) is 26.0 Å². The topological polar surface area (TPSA) is 53.6 Å². The number of hydrogen-bond acceptors (Lipinski definition) is 3. The zero-order valence-electron chi connectivity index (χ0n) is 12.6. The number of anilines is 1. The van der Waals surface area contributed by atoms with E-state index in [1.54, 1.807) is 6.07 Å². The van der Waals surface area contributed by atoms with Crippen LogP contribution in [0, 0.1) is 5.82 Å². The van der Waals surface area contributed by atoms with Gasteiger partial charge in [0.15, 0.2) is 0 Å². The van der Waals surface area contributed by atoms with Gasteiger partial charge in [-0.15, -0.1) is 0 Å². The maximum absolute atomic E-state index is 13.5. The molecular formula is C17H17FN4. The highest BCUT2D eigenvalue weighted by molar-refractivity contribution is 5.92. The fourth-order valence-electron chi connectivity index (χ4n) is 3.06. The third kappa shape index (κ3) is 1.96. The normalized spacial score (nSPS) is 16.3. The lowest BCUT2D eigenvalue weighted by Gasteiger charge is -2.32. The van der Waals surface area contributed by atoms with Crippen LogP contribution in [0.3, 0.4) is 0 Å². The lowest BCUT2D eigenvalue weighted by Crippen LogP contribution is -2.29. The lowest BCUT2D eigenvalue weighted by molar-refractivity contribution is 0.467. The Balaban J connectivity index is 1.91. The van der Waals surface area contributed by atoms with Crippen molar-refractivity contribution >= 4 is 16.6 Å². The van der Waals surface area contributed by atoms with Crippen LogP contribution in [0.2, 0.25) is 0 Å². The van der Waals surface area contributed by atoms with E-state index in [-0.39, 0.29) is 11.2 Å². The molecule has 0 saturated carbocycles. The van der Waals surface area contributed by atoms with Gasteiger partial charge in [0.25, 0.3) is 0 Å². The molecule has 1 aromatic carbocycles. The summed E-state index contributed by atoms with van der Waals surface area (Å²) in [5, 5.41) is 11.4. The second-order valence-electron chi connectivity index (χ2n) is 6.42. The van der Waals surface area contributed by atoms with Gasteiger partial charge in [-0.2, -0.15) is 5.10 Å². The first-order valence-electron chi connectivity index (χ1n) is 7.44. The Hall–Kier alpha value is -2.43. The van der Waals surface area contributed by atoms with Crippen LogP contribution < -0.4 is 5.32 Å². The molecule has 4 rings (SSSR count). The van der Waals surface area contributed by atoms with E-state index in [0.717, 1.165) is 40.9 Å². The van der Waals surface area contributed by atoms with E-state index >= 15 is 0 Å². The fourth-order valence-corrected chi connectivity index (χ4v) is 3.06. The molecule has 0 amide bonds. The van der Waals surface area contributed by atoms with E-state index in [1.807, 2.05) is 12.1 Å². The van der Waals surface area contributed by atoms with Crippen LogP contribution in [0.4, 0.5) is 10.1 Å². The molecule has 112 valence electrons. The average Bonchev–Trinajstić information content (AvgIpc) is 2.90. The first-order chi connectivity index (χ1) is 10.5. The summed E-state index contributed by atoms with van der Waals surface area (Å²) in [6, 6.07) is 8.60. The smallest absolute Gasteiger partial charge is 0.124 e. The maximum Gasteiger partial charge on any atom is 0.124 e. The molecule has 4 nitrogen and oxygen atoms in total. The van der Waals surface area contributed by atoms with Crippen LogP contribution in [-0.4, -0.2) is 21.7 Å². The number of aromatic amines is 1. The number of H-pyrrole nitrogens is 1. The van der Waals surface area contributed by atoms with Gasteiger partial charge in [-0.1, -0.05) is 13.8 Å². The first kappa shape index (κ1) is 13.2. The summed E-state index contributed by atoms with van der Waals surface area (Å²) in [5.74, 6) is -0.268.